The van der Waals surface area contributed by atoms with Gasteiger partial charge in [-0.05, 0) is 12.3 Å². The lowest BCUT2D eigenvalue weighted by molar-refractivity contribution is -0.146. The van der Waals surface area contributed by atoms with Gasteiger partial charge in [-0.25, -0.2) is 0 Å². The molecule has 1 fully saturated rings. The van der Waals surface area contributed by atoms with Crippen LogP contribution in [0.1, 0.15) is 20.3 Å². The van der Waals surface area contributed by atoms with Gasteiger partial charge in [0.1, 0.15) is 6.04 Å². The Morgan fingerprint density at radius 1 is 1.64 bits per heavy atom. The number of rotatable bonds is 2. The van der Waals surface area contributed by atoms with Crippen LogP contribution in [-0.2, 0) is 9.53 Å². The van der Waals surface area contributed by atoms with Crippen LogP contribution >= 0.6 is 0 Å². The van der Waals surface area contributed by atoms with E-state index in [0.29, 0.717) is 12.0 Å². The minimum Gasteiger partial charge on any atom is -0.468 e. The molecule has 0 spiro atoms. The first kappa shape index (κ1) is 8.53. The highest BCUT2D eigenvalue weighted by Gasteiger charge is 2.35. The van der Waals surface area contributed by atoms with Crippen molar-refractivity contribution in [1.29, 1.82) is 0 Å². The van der Waals surface area contributed by atoms with Crippen LogP contribution in [0.5, 0.6) is 0 Å². The molecule has 2 atom stereocenters. The van der Waals surface area contributed by atoms with Gasteiger partial charge in [0.2, 0.25) is 0 Å². The third-order valence-electron chi connectivity index (χ3n) is 2.20. The van der Waals surface area contributed by atoms with Crippen molar-refractivity contribution >= 4 is 5.97 Å². The summed E-state index contributed by atoms with van der Waals surface area (Å²) < 4.78 is 4.58. The van der Waals surface area contributed by atoms with Crippen LogP contribution in [-0.4, -0.2) is 25.2 Å². The van der Waals surface area contributed by atoms with Gasteiger partial charge in [0, 0.05) is 6.04 Å². The van der Waals surface area contributed by atoms with Crippen molar-refractivity contribution in [1.82, 2.24) is 5.32 Å². The van der Waals surface area contributed by atoms with E-state index in [2.05, 4.69) is 23.9 Å². The van der Waals surface area contributed by atoms with Crippen LogP contribution in [0.15, 0.2) is 0 Å². The molecule has 0 aromatic rings. The molecule has 1 heterocycles. The van der Waals surface area contributed by atoms with Gasteiger partial charge in [0.15, 0.2) is 0 Å². The molecular weight excluding hydrogens is 142 g/mol. The molecule has 1 N–H and O–H groups in total. The van der Waals surface area contributed by atoms with E-state index in [0.717, 1.165) is 6.42 Å². The van der Waals surface area contributed by atoms with Gasteiger partial charge in [0.05, 0.1) is 7.11 Å². The number of ether oxygens (including phenoxy) is 1. The van der Waals surface area contributed by atoms with Crippen molar-refractivity contribution in [2.45, 2.75) is 32.4 Å². The fraction of sp³-hybridized carbons (Fsp3) is 0.875. The molecular formula is C8H15NO2. The Morgan fingerprint density at radius 3 is 2.55 bits per heavy atom. The molecule has 1 aliphatic rings. The van der Waals surface area contributed by atoms with Gasteiger partial charge in [-0.1, -0.05) is 13.8 Å². The minimum absolute atomic E-state index is 0.0487. The monoisotopic (exact) mass is 157 g/mol. The van der Waals surface area contributed by atoms with Crippen LogP contribution in [0.3, 0.4) is 0 Å². The standard InChI is InChI=1S/C8H15NO2/c1-5(2)6-4-7(9-6)8(10)11-3/h5-7,9H,4H2,1-3H3. The van der Waals surface area contributed by atoms with E-state index in [1.807, 2.05) is 0 Å². The van der Waals surface area contributed by atoms with Gasteiger partial charge in [-0.3, -0.25) is 4.79 Å². The van der Waals surface area contributed by atoms with Crippen molar-refractivity contribution in [2.24, 2.45) is 5.92 Å². The minimum atomic E-state index is -0.137. The number of hydrogen-bond acceptors (Lipinski definition) is 3. The molecule has 0 aromatic heterocycles. The second-order valence-electron chi connectivity index (χ2n) is 3.33. The Hall–Kier alpha value is -0.570. The molecule has 0 saturated carbocycles. The van der Waals surface area contributed by atoms with Crippen LogP contribution in [0.25, 0.3) is 0 Å². The van der Waals surface area contributed by atoms with Crippen molar-refractivity contribution in [3.63, 3.8) is 0 Å². The SMILES string of the molecule is COC(=O)C1CC(C(C)C)N1. The Morgan fingerprint density at radius 2 is 2.18 bits per heavy atom. The van der Waals surface area contributed by atoms with Crippen molar-refractivity contribution in [2.75, 3.05) is 7.11 Å². The molecule has 1 saturated heterocycles. The topological polar surface area (TPSA) is 38.3 Å². The molecule has 0 aromatic carbocycles. The quantitative estimate of drug-likeness (QED) is 0.595. The number of carbonyl (C=O) groups excluding carboxylic acids is 1. The lowest BCUT2D eigenvalue weighted by Gasteiger charge is -2.37. The first-order chi connectivity index (χ1) is 5.15. The summed E-state index contributed by atoms with van der Waals surface area (Å²) in [5.41, 5.74) is 0. The fourth-order valence-corrected chi connectivity index (χ4v) is 1.26. The Balaban J connectivity index is 2.24. The second kappa shape index (κ2) is 3.22. The lowest BCUT2D eigenvalue weighted by atomic mass is 9.88. The van der Waals surface area contributed by atoms with E-state index in [1.54, 1.807) is 0 Å². The third kappa shape index (κ3) is 1.71. The summed E-state index contributed by atoms with van der Waals surface area (Å²) in [6, 6.07) is 0.450. The Bertz CT molecular complexity index is 150. The first-order valence-electron chi connectivity index (χ1n) is 3.99. The van der Waals surface area contributed by atoms with E-state index < -0.39 is 0 Å². The zero-order chi connectivity index (χ0) is 8.43. The van der Waals surface area contributed by atoms with E-state index in [-0.39, 0.29) is 12.0 Å². The molecule has 0 radical (unpaired) electrons. The van der Waals surface area contributed by atoms with E-state index in [4.69, 9.17) is 0 Å². The van der Waals surface area contributed by atoms with Gasteiger partial charge >= 0.3 is 5.97 Å². The van der Waals surface area contributed by atoms with E-state index >= 15 is 0 Å². The molecule has 3 heteroatoms. The van der Waals surface area contributed by atoms with Crippen LogP contribution < -0.4 is 5.32 Å². The molecule has 0 amide bonds. The Labute approximate surface area is 67.1 Å². The zero-order valence-corrected chi connectivity index (χ0v) is 7.26. The normalized spacial score (nSPS) is 29.8. The highest BCUT2D eigenvalue weighted by atomic mass is 16.5. The summed E-state index contributed by atoms with van der Waals surface area (Å²) in [5.74, 6) is 0.470. The number of esters is 1. The highest BCUT2D eigenvalue weighted by molar-refractivity contribution is 5.76. The molecule has 2 unspecified atom stereocenters. The molecule has 1 aliphatic heterocycles. The van der Waals surface area contributed by atoms with Gasteiger partial charge in [-0.15, -0.1) is 0 Å². The summed E-state index contributed by atoms with van der Waals surface area (Å²) in [6.45, 7) is 4.29. The number of nitrogens with one attached hydrogen (secondary N) is 1. The van der Waals surface area contributed by atoms with Crippen molar-refractivity contribution in [3.05, 3.63) is 0 Å². The average Bonchev–Trinajstić information content (AvgIpc) is 1.83. The van der Waals surface area contributed by atoms with Crippen LogP contribution in [0, 0.1) is 5.92 Å². The van der Waals surface area contributed by atoms with E-state index in [9.17, 15) is 4.79 Å². The highest BCUT2D eigenvalue weighted by Crippen LogP contribution is 2.19. The molecule has 64 valence electrons. The van der Waals surface area contributed by atoms with Gasteiger partial charge in [0.25, 0.3) is 0 Å². The summed E-state index contributed by atoms with van der Waals surface area (Å²) in [6.07, 6.45) is 0.921. The molecule has 0 aliphatic carbocycles. The van der Waals surface area contributed by atoms with E-state index in [1.165, 1.54) is 7.11 Å². The summed E-state index contributed by atoms with van der Waals surface area (Å²) in [7, 11) is 1.42. The largest absolute Gasteiger partial charge is 0.468 e. The Kier molecular flexibility index (Phi) is 2.49. The van der Waals surface area contributed by atoms with Crippen molar-refractivity contribution in [3.8, 4) is 0 Å². The molecule has 1 rings (SSSR count). The van der Waals surface area contributed by atoms with Gasteiger partial charge < -0.3 is 10.1 Å². The summed E-state index contributed by atoms with van der Waals surface area (Å²) in [5, 5.41) is 3.16. The maximum absolute atomic E-state index is 10.9. The maximum atomic E-state index is 10.9. The van der Waals surface area contributed by atoms with Crippen LogP contribution in [0.4, 0.5) is 0 Å². The molecule has 3 nitrogen and oxygen atoms in total. The predicted molar refractivity (Wildman–Crippen MR) is 42.2 cm³/mol. The van der Waals surface area contributed by atoms with Crippen molar-refractivity contribution < 1.29 is 9.53 Å². The fourth-order valence-electron chi connectivity index (χ4n) is 1.26. The number of carbonyl (C=O) groups is 1. The number of methoxy groups -OCH3 is 1. The van der Waals surface area contributed by atoms with Crippen LogP contribution in [0.2, 0.25) is 0 Å². The summed E-state index contributed by atoms with van der Waals surface area (Å²) in [4.78, 5) is 10.9. The smallest absolute Gasteiger partial charge is 0.322 e. The maximum Gasteiger partial charge on any atom is 0.322 e. The van der Waals surface area contributed by atoms with Gasteiger partial charge in [-0.2, -0.15) is 0 Å². The first-order valence-corrected chi connectivity index (χ1v) is 3.99. The third-order valence-corrected chi connectivity index (χ3v) is 2.20. The molecule has 0 bridgehead atoms. The number of hydrogen-bond donors (Lipinski definition) is 1. The zero-order valence-electron chi connectivity index (χ0n) is 7.26. The molecule has 11 heavy (non-hydrogen) atoms. The average molecular weight is 157 g/mol. The lowest BCUT2D eigenvalue weighted by Crippen LogP contribution is -2.58. The second-order valence-corrected chi connectivity index (χ2v) is 3.33. The summed E-state index contributed by atoms with van der Waals surface area (Å²) >= 11 is 0. The predicted octanol–water partition coefficient (Wildman–Crippen LogP) is 0.546.